The third kappa shape index (κ3) is 2.96. The number of imidazole rings is 1. The van der Waals surface area contributed by atoms with Crippen LogP contribution >= 0.6 is 0 Å². The van der Waals surface area contributed by atoms with E-state index in [-0.39, 0.29) is 0 Å². The number of carboxylic acids is 1. The molecule has 6 nitrogen and oxygen atoms in total. The number of nitrogens with zero attached hydrogens (tertiary/aromatic N) is 3. The first kappa shape index (κ1) is 19.8. The number of aryl methyl sites for hydroxylation is 3. The van der Waals surface area contributed by atoms with Gasteiger partial charge < -0.3 is 14.1 Å². The molecule has 1 fully saturated rings. The van der Waals surface area contributed by atoms with Crippen LogP contribution < -0.4 is 0 Å². The van der Waals surface area contributed by atoms with E-state index in [9.17, 15) is 9.90 Å². The number of hydrogen-bond acceptors (Lipinski definition) is 4. The van der Waals surface area contributed by atoms with Crippen LogP contribution in [-0.2, 0) is 23.2 Å². The van der Waals surface area contributed by atoms with Gasteiger partial charge in [-0.2, -0.15) is 0 Å². The number of rotatable bonds is 5. The fraction of sp³-hybridized carbons (Fsp3) is 0.400. The second-order valence-corrected chi connectivity index (χ2v) is 8.72. The summed E-state index contributed by atoms with van der Waals surface area (Å²) in [5.74, 6) is 0.761. The minimum Gasteiger partial charge on any atom is -0.480 e. The maximum Gasteiger partial charge on any atom is 0.317 e. The number of para-hydroxylation sites is 1. The van der Waals surface area contributed by atoms with Gasteiger partial charge in [0, 0.05) is 23.1 Å². The summed E-state index contributed by atoms with van der Waals surface area (Å²) < 4.78 is 8.43. The molecular weight excluding hydrogens is 390 g/mol. The lowest BCUT2D eigenvalue weighted by Crippen LogP contribution is -2.33. The van der Waals surface area contributed by atoms with Crippen LogP contribution in [0.4, 0.5) is 0 Å². The molecular formula is C25H27N3O3. The zero-order chi connectivity index (χ0) is 21.8. The van der Waals surface area contributed by atoms with Gasteiger partial charge in [-0.25, -0.2) is 9.97 Å². The van der Waals surface area contributed by atoms with E-state index in [1.54, 1.807) is 0 Å². The Morgan fingerprint density at radius 3 is 2.65 bits per heavy atom. The Kier molecular flexibility index (Phi) is 4.61. The predicted molar refractivity (Wildman–Crippen MR) is 119 cm³/mol. The molecule has 5 rings (SSSR count). The highest BCUT2D eigenvalue weighted by atomic mass is 16.4. The van der Waals surface area contributed by atoms with Crippen molar-refractivity contribution in [2.24, 2.45) is 0 Å². The quantitative estimate of drug-likeness (QED) is 0.476. The van der Waals surface area contributed by atoms with Crippen molar-refractivity contribution in [1.29, 1.82) is 0 Å². The second-order valence-electron chi connectivity index (χ2n) is 8.72. The maximum absolute atomic E-state index is 12.5. The van der Waals surface area contributed by atoms with E-state index in [2.05, 4.69) is 24.5 Å². The molecule has 1 aliphatic rings. The first-order valence-electron chi connectivity index (χ1n) is 11.0. The number of benzene rings is 1. The smallest absolute Gasteiger partial charge is 0.317 e. The molecule has 4 aromatic rings. The molecule has 6 heteroatoms. The van der Waals surface area contributed by atoms with E-state index >= 15 is 0 Å². The number of carbonyl (C=O) groups is 1. The Labute approximate surface area is 180 Å². The number of pyridine rings is 1. The summed E-state index contributed by atoms with van der Waals surface area (Å²) in [6, 6.07) is 9.91. The van der Waals surface area contributed by atoms with Gasteiger partial charge in [-0.1, -0.05) is 38.0 Å². The van der Waals surface area contributed by atoms with Crippen molar-refractivity contribution in [1.82, 2.24) is 14.5 Å². The largest absolute Gasteiger partial charge is 0.480 e. The Hall–Kier alpha value is -3.15. The van der Waals surface area contributed by atoms with Gasteiger partial charge in [-0.15, -0.1) is 0 Å². The lowest BCUT2D eigenvalue weighted by atomic mass is 9.81. The van der Waals surface area contributed by atoms with Gasteiger partial charge >= 0.3 is 5.97 Å². The maximum atomic E-state index is 12.5. The van der Waals surface area contributed by atoms with Gasteiger partial charge in [-0.3, -0.25) is 4.79 Å². The van der Waals surface area contributed by atoms with Gasteiger partial charge in [0.1, 0.15) is 28.1 Å². The average Bonchev–Trinajstić information content (AvgIpc) is 3.45. The predicted octanol–water partition coefficient (Wildman–Crippen LogP) is 5.30. The first-order valence-corrected chi connectivity index (χ1v) is 11.0. The molecule has 0 unspecified atom stereocenters. The highest BCUT2D eigenvalue weighted by Crippen LogP contribution is 2.46. The summed E-state index contributed by atoms with van der Waals surface area (Å²) in [5.41, 5.74) is 4.52. The van der Waals surface area contributed by atoms with Crippen LogP contribution in [0, 0.1) is 13.8 Å². The number of furan rings is 1. The summed E-state index contributed by atoms with van der Waals surface area (Å²) in [4.78, 5) is 22.2. The summed E-state index contributed by atoms with van der Waals surface area (Å²) in [6.07, 6.45) is 3.78. The van der Waals surface area contributed by atoms with Crippen molar-refractivity contribution in [3.63, 3.8) is 0 Å². The van der Waals surface area contributed by atoms with Gasteiger partial charge in [0.05, 0.1) is 6.54 Å². The standard InChI is InChI=1S/C25H27N3O3/c1-4-20-27-21-15(2)13-16(3)26-23(21)28(20)14-18-17-9-5-6-10-19(17)31-22(18)25(24(29)30)11-7-8-12-25/h5-6,9-10,13H,4,7-8,11-12,14H2,1-3H3,(H,29,30). The minimum atomic E-state index is -0.962. The van der Waals surface area contributed by atoms with Gasteiger partial charge in [0.15, 0.2) is 5.65 Å². The summed E-state index contributed by atoms with van der Waals surface area (Å²) in [6.45, 7) is 6.64. The van der Waals surface area contributed by atoms with Crippen molar-refractivity contribution in [2.45, 2.75) is 64.8 Å². The topological polar surface area (TPSA) is 81.2 Å². The molecule has 31 heavy (non-hydrogen) atoms. The summed E-state index contributed by atoms with van der Waals surface area (Å²) >= 11 is 0. The number of aliphatic carboxylic acids is 1. The molecule has 0 saturated heterocycles. The van der Waals surface area contributed by atoms with Crippen molar-refractivity contribution >= 4 is 28.1 Å². The molecule has 0 radical (unpaired) electrons. The van der Waals surface area contributed by atoms with E-state index in [0.29, 0.717) is 25.1 Å². The van der Waals surface area contributed by atoms with E-state index in [0.717, 1.165) is 64.0 Å². The average molecular weight is 418 g/mol. The normalized spacial score (nSPS) is 15.8. The van der Waals surface area contributed by atoms with Crippen LogP contribution in [0.15, 0.2) is 34.7 Å². The van der Waals surface area contributed by atoms with E-state index in [1.165, 1.54) is 0 Å². The lowest BCUT2D eigenvalue weighted by Gasteiger charge is -2.23. The Morgan fingerprint density at radius 2 is 1.94 bits per heavy atom. The molecule has 0 bridgehead atoms. The van der Waals surface area contributed by atoms with Crippen LogP contribution in [0.2, 0.25) is 0 Å². The van der Waals surface area contributed by atoms with Crippen molar-refractivity contribution in [2.75, 3.05) is 0 Å². The van der Waals surface area contributed by atoms with E-state index in [1.807, 2.05) is 31.2 Å². The molecule has 3 aromatic heterocycles. The highest BCUT2D eigenvalue weighted by Gasteiger charge is 2.47. The molecule has 1 N–H and O–H groups in total. The summed E-state index contributed by atoms with van der Waals surface area (Å²) in [7, 11) is 0. The van der Waals surface area contributed by atoms with E-state index in [4.69, 9.17) is 14.4 Å². The third-order valence-electron chi connectivity index (χ3n) is 6.73. The minimum absolute atomic E-state index is 0.497. The van der Waals surface area contributed by atoms with Crippen LogP contribution in [0.25, 0.3) is 22.1 Å². The molecule has 0 atom stereocenters. The van der Waals surface area contributed by atoms with Crippen molar-refractivity contribution in [3.8, 4) is 0 Å². The van der Waals surface area contributed by atoms with Crippen LogP contribution in [0.5, 0.6) is 0 Å². The van der Waals surface area contributed by atoms with Crippen LogP contribution in [0.3, 0.4) is 0 Å². The van der Waals surface area contributed by atoms with Crippen LogP contribution in [-0.4, -0.2) is 25.6 Å². The SMILES string of the molecule is CCc1nc2c(C)cc(C)nc2n1Cc1c(C2(C(=O)O)CCCC2)oc2ccccc12. The molecule has 3 heterocycles. The summed E-state index contributed by atoms with van der Waals surface area (Å²) in [5, 5.41) is 11.2. The highest BCUT2D eigenvalue weighted by molar-refractivity contribution is 5.88. The first-order chi connectivity index (χ1) is 14.9. The molecule has 0 spiro atoms. The molecule has 1 aromatic carbocycles. The van der Waals surface area contributed by atoms with Gasteiger partial charge in [0.25, 0.3) is 0 Å². The number of carboxylic acid groups (broad SMARTS) is 1. The molecule has 160 valence electrons. The Morgan fingerprint density at radius 1 is 1.19 bits per heavy atom. The zero-order valence-electron chi connectivity index (χ0n) is 18.2. The fourth-order valence-electron chi connectivity index (χ4n) is 5.20. The number of hydrogen-bond donors (Lipinski definition) is 1. The second kappa shape index (κ2) is 7.22. The third-order valence-corrected chi connectivity index (χ3v) is 6.73. The molecule has 0 amide bonds. The Balaban J connectivity index is 1.76. The van der Waals surface area contributed by atoms with Gasteiger partial charge in [-0.05, 0) is 44.4 Å². The van der Waals surface area contributed by atoms with Crippen molar-refractivity contribution in [3.05, 3.63) is 58.7 Å². The van der Waals surface area contributed by atoms with E-state index < -0.39 is 11.4 Å². The Bertz CT molecular complexity index is 1310. The lowest BCUT2D eigenvalue weighted by molar-refractivity contribution is -0.144. The van der Waals surface area contributed by atoms with Crippen molar-refractivity contribution < 1.29 is 14.3 Å². The fourth-order valence-corrected chi connectivity index (χ4v) is 5.20. The molecule has 1 saturated carbocycles. The number of aromatic nitrogens is 3. The zero-order valence-corrected chi connectivity index (χ0v) is 18.2. The van der Waals surface area contributed by atoms with Gasteiger partial charge in [0.2, 0.25) is 0 Å². The molecule has 1 aliphatic carbocycles. The monoisotopic (exact) mass is 417 g/mol. The molecule has 0 aliphatic heterocycles. The number of fused-ring (bicyclic) bond motifs is 2. The van der Waals surface area contributed by atoms with Crippen LogP contribution in [0.1, 0.15) is 61.0 Å².